The number of anilines is 2. The van der Waals surface area contributed by atoms with Gasteiger partial charge in [-0.2, -0.15) is 5.10 Å². The third-order valence-electron chi connectivity index (χ3n) is 3.80. The fraction of sp³-hybridized carbons (Fsp3) is 0.111. The van der Waals surface area contributed by atoms with Crippen LogP contribution in [0.5, 0.6) is 0 Å². The zero-order valence-corrected chi connectivity index (χ0v) is 16.8. The van der Waals surface area contributed by atoms with Crippen LogP contribution in [0.3, 0.4) is 0 Å². The van der Waals surface area contributed by atoms with Gasteiger partial charge < -0.3 is 5.32 Å². The maximum absolute atomic E-state index is 12.9. The van der Waals surface area contributed by atoms with Crippen LogP contribution >= 0.6 is 15.9 Å². The number of halogens is 1. The van der Waals surface area contributed by atoms with Crippen molar-refractivity contribution in [2.45, 2.75) is 11.4 Å². The van der Waals surface area contributed by atoms with Crippen molar-refractivity contribution >= 4 is 43.2 Å². The lowest BCUT2D eigenvalue weighted by atomic mass is 10.3. The molecule has 0 aliphatic rings. The molecule has 7 nitrogen and oxygen atoms in total. The Balaban J connectivity index is 1.77. The Hall–Kier alpha value is -2.65. The molecule has 0 spiro atoms. The Labute approximate surface area is 165 Å². The van der Waals surface area contributed by atoms with Crippen LogP contribution < -0.4 is 9.62 Å². The van der Waals surface area contributed by atoms with Crippen LogP contribution in [-0.4, -0.2) is 31.2 Å². The topological polar surface area (TPSA) is 84.3 Å². The molecule has 0 saturated carbocycles. The summed E-state index contributed by atoms with van der Waals surface area (Å²) in [5, 5.41) is 6.71. The first-order chi connectivity index (χ1) is 12.9. The summed E-state index contributed by atoms with van der Waals surface area (Å²) in [4.78, 5) is 12.3. The van der Waals surface area contributed by atoms with Gasteiger partial charge in [-0.3, -0.25) is 13.8 Å². The SMILES string of the molecule is CN(c1ccccc1)S(=O)(=O)c1cccc(NC(=O)Cn2cc(Br)cn2)c1. The Kier molecular flexibility index (Phi) is 5.62. The predicted octanol–water partition coefficient (Wildman–Crippen LogP) is 3.11. The number of benzene rings is 2. The lowest BCUT2D eigenvalue weighted by Gasteiger charge is -2.19. The summed E-state index contributed by atoms with van der Waals surface area (Å²) < 4.78 is 29.2. The van der Waals surface area contributed by atoms with Crippen LogP contribution in [0, 0.1) is 0 Å². The molecule has 0 unspecified atom stereocenters. The molecule has 1 aromatic heterocycles. The average Bonchev–Trinajstić information content (AvgIpc) is 3.06. The zero-order valence-electron chi connectivity index (χ0n) is 14.4. The first kappa shape index (κ1) is 19.1. The summed E-state index contributed by atoms with van der Waals surface area (Å²) in [5.41, 5.74) is 0.949. The van der Waals surface area contributed by atoms with Crippen LogP contribution in [0.25, 0.3) is 0 Å². The van der Waals surface area contributed by atoms with Gasteiger partial charge in [-0.05, 0) is 46.3 Å². The van der Waals surface area contributed by atoms with Crippen LogP contribution in [0.4, 0.5) is 11.4 Å². The van der Waals surface area contributed by atoms with E-state index in [2.05, 4.69) is 26.3 Å². The second kappa shape index (κ2) is 7.93. The van der Waals surface area contributed by atoms with Gasteiger partial charge >= 0.3 is 0 Å². The van der Waals surface area contributed by atoms with Crippen LogP contribution in [0.1, 0.15) is 0 Å². The predicted molar refractivity (Wildman–Crippen MR) is 107 cm³/mol. The van der Waals surface area contributed by atoms with Crippen molar-refractivity contribution in [3.05, 3.63) is 71.5 Å². The van der Waals surface area contributed by atoms with E-state index < -0.39 is 10.0 Å². The van der Waals surface area contributed by atoms with E-state index in [1.807, 2.05) is 6.07 Å². The highest BCUT2D eigenvalue weighted by Gasteiger charge is 2.21. The van der Waals surface area contributed by atoms with Gasteiger partial charge in [0.15, 0.2) is 0 Å². The van der Waals surface area contributed by atoms with Gasteiger partial charge in [-0.1, -0.05) is 24.3 Å². The lowest BCUT2D eigenvalue weighted by molar-refractivity contribution is -0.116. The molecule has 0 saturated heterocycles. The number of nitrogens with one attached hydrogen (secondary N) is 1. The number of sulfonamides is 1. The van der Waals surface area contributed by atoms with E-state index in [9.17, 15) is 13.2 Å². The number of nitrogens with zero attached hydrogens (tertiary/aromatic N) is 3. The van der Waals surface area contributed by atoms with E-state index in [0.29, 0.717) is 11.4 Å². The maximum Gasteiger partial charge on any atom is 0.264 e. The molecule has 3 rings (SSSR count). The van der Waals surface area contributed by atoms with E-state index in [-0.39, 0.29) is 17.3 Å². The van der Waals surface area contributed by atoms with E-state index in [4.69, 9.17) is 0 Å². The fourth-order valence-corrected chi connectivity index (χ4v) is 4.01. The number of amides is 1. The molecule has 2 aromatic carbocycles. The lowest BCUT2D eigenvalue weighted by Crippen LogP contribution is -2.26. The van der Waals surface area contributed by atoms with Crippen LogP contribution in [-0.2, 0) is 21.4 Å². The molecule has 1 heterocycles. The molecule has 1 N–H and O–H groups in total. The standard InChI is InChI=1S/C18H17BrN4O3S/c1-22(16-7-3-2-4-8-16)27(25,26)17-9-5-6-15(10-17)21-18(24)13-23-12-14(19)11-20-23/h2-12H,13H2,1H3,(H,21,24). The third-order valence-corrected chi connectivity index (χ3v) is 5.99. The monoisotopic (exact) mass is 448 g/mol. The van der Waals surface area contributed by atoms with E-state index >= 15 is 0 Å². The molecule has 0 bridgehead atoms. The minimum absolute atomic E-state index is 0.0203. The van der Waals surface area contributed by atoms with Crippen molar-refractivity contribution in [2.24, 2.45) is 0 Å². The van der Waals surface area contributed by atoms with Crippen molar-refractivity contribution in [1.29, 1.82) is 0 Å². The van der Waals surface area contributed by atoms with Crippen molar-refractivity contribution < 1.29 is 13.2 Å². The van der Waals surface area contributed by atoms with Crippen molar-refractivity contribution in [3.63, 3.8) is 0 Å². The van der Waals surface area contributed by atoms with Gasteiger partial charge in [0.1, 0.15) is 6.54 Å². The molecule has 27 heavy (non-hydrogen) atoms. The van der Waals surface area contributed by atoms with Crippen molar-refractivity contribution in [2.75, 3.05) is 16.7 Å². The van der Waals surface area contributed by atoms with Crippen LogP contribution in [0.15, 0.2) is 76.4 Å². The van der Waals surface area contributed by atoms with E-state index in [1.54, 1.807) is 48.8 Å². The Morgan fingerprint density at radius 2 is 1.93 bits per heavy atom. The van der Waals surface area contributed by atoms with Crippen LogP contribution in [0.2, 0.25) is 0 Å². The smallest absolute Gasteiger partial charge is 0.264 e. The molecule has 9 heteroatoms. The molecule has 0 fully saturated rings. The van der Waals surface area contributed by atoms with Crippen molar-refractivity contribution in [3.8, 4) is 0 Å². The number of para-hydroxylation sites is 1. The second-order valence-corrected chi connectivity index (χ2v) is 8.63. The largest absolute Gasteiger partial charge is 0.324 e. The molecule has 0 aliphatic heterocycles. The Morgan fingerprint density at radius 3 is 2.59 bits per heavy atom. The fourth-order valence-electron chi connectivity index (χ4n) is 2.44. The molecule has 1 amide bonds. The number of hydrogen-bond donors (Lipinski definition) is 1. The maximum atomic E-state index is 12.9. The number of rotatable bonds is 6. The summed E-state index contributed by atoms with van der Waals surface area (Å²) in [6, 6.07) is 14.9. The van der Waals surface area contributed by atoms with Gasteiger partial charge in [0.25, 0.3) is 10.0 Å². The number of hydrogen-bond acceptors (Lipinski definition) is 4. The highest BCUT2D eigenvalue weighted by Crippen LogP contribution is 2.23. The first-order valence-electron chi connectivity index (χ1n) is 7.98. The molecule has 0 radical (unpaired) electrons. The Bertz CT molecular complexity index is 1050. The molecule has 0 atom stereocenters. The molecule has 3 aromatic rings. The molecule has 0 aliphatic carbocycles. The zero-order chi connectivity index (χ0) is 19.4. The highest BCUT2D eigenvalue weighted by molar-refractivity contribution is 9.10. The van der Waals surface area contributed by atoms with Gasteiger partial charge in [0.05, 0.1) is 21.3 Å². The quantitative estimate of drug-likeness (QED) is 0.627. The number of carbonyl (C=O) groups excluding carboxylic acids is 1. The minimum atomic E-state index is -3.75. The van der Waals surface area contributed by atoms with Crippen molar-refractivity contribution in [1.82, 2.24) is 9.78 Å². The molecular formula is C18H17BrN4O3S. The summed E-state index contributed by atoms with van der Waals surface area (Å²) in [6.07, 6.45) is 3.26. The summed E-state index contributed by atoms with van der Waals surface area (Å²) in [6.45, 7) is 0.0203. The number of aromatic nitrogens is 2. The first-order valence-corrected chi connectivity index (χ1v) is 10.2. The minimum Gasteiger partial charge on any atom is -0.324 e. The Morgan fingerprint density at radius 1 is 1.19 bits per heavy atom. The molecular weight excluding hydrogens is 432 g/mol. The van der Waals surface area contributed by atoms with Gasteiger partial charge in [0, 0.05) is 18.9 Å². The summed E-state index contributed by atoms with van der Waals surface area (Å²) in [5.74, 6) is -0.309. The molecule has 140 valence electrons. The summed E-state index contributed by atoms with van der Waals surface area (Å²) in [7, 11) is -2.26. The van der Waals surface area contributed by atoms with Gasteiger partial charge in [-0.15, -0.1) is 0 Å². The third kappa shape index (κ3) is 4.55. The van der Waals surface area contributed by atoms with Gasteiger partial charge in [-0.25, -0.2) is 8.42 Å². The second-order valence-electron chi connectivity index (χ2n) is 5.74. The van der Waals surface area contributed by atoms with E-state index in [0.717, 1.165) is 4.47 Å². The highest BCUT2D eigenvalue weighted by atomic mass is 79.9. The van der Waals surface area contributed by atoms with E-state index in [1.165, 1.54) is 28.2 Å². The average molecular weight is 449 g/mol. The number of carbonyl (C=O) groups is 1. The van der Waals surface area contributed by atoms with Gasteiger partial charge in [0.2, 0.25) is 5.91 Å². The normalized spacial score (nSPS) is 11.2. The summed E-state index contributed by atoms with van der Waals surface area (Å²) >= 11 is 3.27.